The van der Waals surface area contributed by atoms with Gasteiger partial charge in [0.1, 0.15) is 0 Å². The number of aliphatic imine (C=N–C) groups is 1. The molecule has 4 aliphatic rings. The van der Waals surface area contributed by atoms with E-state index >= 15 is 8.78 Å². The highest BCUT2D eigenvalue weighted by Gasteiger charge is 2.84. The highest BCUT2D eigenvalue weighted by molar-refractivity contribution is 5.93. The van der Waals surface area contributed by atoms with Gasteiger partial charge in [-0.3, -0.25) is 4.99 Å². The third-order valence-electron chi connectivity index (χ3n) is 6.79. The fourth-order valence-corrected chi connectivity index (χ4v) is 5.00. The maximum Gasteiger partial charge on any atom is 0.380 e. The van der Waals surface area contributed by atoms with Gasteiger partial charge in [0.15, 0.2) is 0 Å². The van der Waals surface area contributed by atoms with Crippen molar-refractivity contribution in [2.24, 2.45) is 15.8 Å². The topological polar surface area (TPSA) is 12.4 Å². The lowest BCUT2D eigenvalue weighted by molar-refractivity contribution is -0.258. The average molecular weight is 407 g/mol. The lowest BCUT2D eigenvalue weighted by Crippen LogP contribution is -2.47. The predicted molar refractivity (Wildman–Crippen MR) is 98.1 cm³/mol. The Balaban J connectivity index is 2.04. The largest absolute Gasteiger partial charge is 0.380 e. The lowest BCUT2D eigenvalue weighted by Gasteiger charge is -2.51. The van der Waals surface area contributed by atoms with Crippen molar-refractivity contribution in [3.05, 3.63) is 70.5 Å². The van der Waals surface area contributed by atoms with Gasteiger partial charge >= 0.3 is 17.8 Å². The SMILES string of the molecule is CC12C=CC=NC1=C1C(=C3c4ccccc4C=CC32C)C(F)(F)C(F)(F)C1(F)F. The second kappa shape index (κ2) is 4.94. The highest BCUT2D eigenvalue weighted by atomic mass is 19.3. The number of alkyl halides is 6. The van der Waals surface area contributed by atoms with E-state index in [-0.39, 0.29) is 11.1 Å². The van der Waals surface area contributed by atoms with Gasteiger partial charge in [0, 0.05) is 22.6 Å². The molecule has 1 nitrogen and oxygen atoms in total. The molecule has 1 aromatic rings. The van der Waals surface area contributed by atoms with Gasteiger partial charge in [-0.25, -0.2) is 0 Å². The summed E-state index contributed by atoms with van der Waals surface area (Å²) in [6.07, 6.45) is 7.60. The van der Waals surface area contributed by atoms with Gasteiger partial charge in [-0.05, 0) is 29.7 Å². The molecule has 3 aliphatic carbocycles. The normalized spacial score (nSPS) is 34.6. The van der Waals surface area contributed by atoms with E-state index in [1.165, 1.54) is 18.4 Å². The number of hydrogen-bond donors (Lipinski definition) is 0. The van der Waals surface area contributed by atoms with Crippen molar-refractivity contribution < 1.29 is 26.3 Å². The van der Waals surface area contributed by atoms with Crippen LogP contribution >= 0.6 is 0 Å². The molecule has 1 saturated carbocycles. The van der Waals surface area contributed by atoms with Crippen molar-refractivity contribution in [1.29, 1.82) is 0 Å². The van der Waals surface area contributed by atoms with Gasteiger partial charge in [-0.2, -0.15) is 26.3 Å². The molecule has 150 valence electrons. The molecule has 1 aliphatic heterocycles. The van der Waals surface area contributed by atoms with Crippen LogP contribution in [0.5, 0.6) is 0 Å². The molecular formula is C22H15F6N. The van der Waals surface area contributed by atoms with Crippen molar-refractivity contribution in [3.63, 3.8) is 0 Å². The average Bonchev–Trinajstić information content (AvgIpc) is 2.76. The molecule has 0 saturated heterocycles. The molecule has 0 radical (unpaired) electrons. The molecule has 2 atom stereocenters. The Morgan fingerprint density at radius 1 is 0.759 bits per heavy atom. The van der Waals surface area contributed by atoms with Gasteiger partial charge in [-0.1, -0.05) is 49.4 Å². The summed E-state index contributed by atoms with van der Waals surface area (Å²) in [5, 5.41) is 0. The minimum atomic E-state index is -5.57. The Morgan fingerprint density at radius 3 is 2.14 bits per heavy atom. The van der Waals surface area contributed by atoms with Crippen molar-refractivity contribution >= 4 is 17.9 Å². The number of benzene rings is 1. The first kappa shape index (κ1) is 18.5. The summed E-state index contributed by atoms with van der Waals surface area (Å²) < 4.78 is 88.9. The van der Waals surface area contributed by atoms with Crippen LogP contribution in [0.2, 0.25) is 0 Å². The van der Waals surface area contributed by atoms with Crippen LogP contribution in [0.25, 0.3) is 11.6 Å². The number of hydrogen-bond acceptors (Lipinski definition) is 1. The van der Waals surface area contributed by atoms with Gasteiger partial charge in [0.2, 0.25) is 0 Å². The maximum absolute atomic E-state index is 15.1. The van der Waals surface area contributed by atoms with Crippen molar-refractivity contribution in [3.8, 4) is 0 Å². The molecule has 1 aromatic carbocycles. The van der Waals surface area contributed by atoms with Crippen molar-refractivity contribution in [2.75, 3.05) is 0 Å². The van der Waals surface area contributed by atoms with Crippen LogP contribution in [0.15, 0.2) is 64.3 Å². The molecule has 0 spiro atoms. The van der Waals surface area contributed by atoms with E-state index in [9.17, 15) is 17.6 Å². The van der Waals surface area contributed by atoms with E-state index in [2.05, 4.69) is 4.99 Å². The van der Waals surface area contributed by atoms with E-state index in [0.717, 1.165) is 0 Å². The molecule has 0 amide bonds. The lowest BCUT2D eigenvalue weighted by atomic mass is 9.52. The van der Waals surface area contributed by atoms with E-state index in [1.54, 1.807) is 50.3 Å². The van der Waals surface area contributed by atoms with Gasteiger partial charge in [0.05, 0.1) is 11.3 Å². The van der Waals surface area contributed by atoms with E-state index < -0.39 is 45.4 Å². The summed E-state index contributed by atoms with van der Waals surface area (Å²) >= 11 is 0. The summed E-state index contributed by atoms with van der Waals surface area (Å²) in [6, 6.07) is 6.39. The first-order valence-electron chi connectivity index (χ1n) is 9.06. The van der Waals surface area contributed by atoms with E-state index in [0.29, 0.717) is 5.56 Å². The first-order valence-corrected chi connectivity index (χ1v) is 9.06. The summed E-state index contributed by atoms with van der Waals surface area (Å²) in [4.78, 5) is 3.94. The first-order chi connectivity index (χ1) is 13.4. The smallest absolute Gasteiger partial charge is 0.260 e. The van der Waals surface area contributed by atoms with Crippen LogP contribution < -0.4 is 0 Å². The van der Waals surface area contributed by atoms with Crippen LogP contribution in [-0.4, -0.2) is 24.0 Å². The number of allylic oxidation sites excluding steroid dienone is 6. The molecule has 2 unspecified atom stereocenters. The minimum Gasteiger partial charge on any atom is -0.260 e. The van der Waals surface area contributed by atoms with E-state index in [1.807, 2.05) is 0 Å². The van der Waals surface area contributed by atoms with Gasteiger partial charge < -0.3 is 0 Å². The zero-order valence-electron chi connectivity index (χ0n) is 15.4. The van der Waals surface area contributed by atoms with Crippen LogP contribution in [0.3, 0.4) is 0 Å². The highest BCUT2D eigenvalue weighted by Crippen LogP contribution is 2.72. The summed E-state index contributed by atoms with van der Waals surface area (Å²) in [5.74, 6) is -15.7. The second-order valence-electron chi connectivity index (χ2n) is 8.16. The monoisotopic (exact) mass is 407 g/mol. The fraction of sp³-hybridized carbons (Fsp3) is 0.318. The summed E-state index contributed by atoms with van der Waals surface area (Å²) in [5.41, 5.74) is -5.10. The van der Waals surface area contributed by atoms with E-state index in [4.69, 9.17) is 0 Å². The number of fused-ring (bicyclic) bond motifs is 6. The van der Waals surface area contributed by atoms with Crippen LogP contribution in [0.4, 0.5) is 26.3 Å². The van der Waals surface area contributed by atoms with Crippen molar-refractivity contribution in [1.82, 2.24) is 0 Å². The van der Waals surface area contributed by atoms with Crippen LogP contribution in [0, 0.1) is 10.8 Å². The molecular weight excluding hydrogens is 392 g/mol. The Bertz CT molecular complexity index is 1120. The second-order valence-corrected chi connectivity index (χ2v) is 8.16. The standard InChI is InChI=1S/C22H15F6N/c1-18-10-8-12-6-3-4-7-13(12)14(18)15-16(17-19(18,2)9-5-11-29-17)21(25,26)22(27,28)20(15,23)24/h3-11H,1-2H3. The maximum atomic E-state index is 15.1. The molecule has 5 rings (SSSR count). The Morgan fingerprint density at radius 2 is 1.41 bits per heavy atom. The molecule has 29 heavy (non-hydrogen) atoms. The van der Waals surface area contributed by atoms with Crippen LogP contribution in [-0.2, 0) is 0 Å². The molecule has 0 aromatic heterocycles. The van der Waals surface area contributed by atoms with Gasteiger partial charge in [0.25, 0.3) is 0 Å². The molecule has 7 heteroatoms. The van der Waals surface area contributed by atoms with Crippen LogP contribution in [0.1, 0.15) is 25.0 Å². The zero-order chi connectivity index (χ0) is 21.0. The fourth-order valence-electron chi connectivity index (χ4n) is 5.00. The Labute approximate surface area is 162 Å². The third kappa shape index (κ3) is 1.75. The van der Waals surface area contributed by atoms with Gasteiger partial charge in [-0.15, -0.1) is 0 Å². The van der Waals surface area contributed by atoms with Crippen molar-refractivity contribution in [2.45, 2.75) is 31.6 Å². The third-order valence-corrected chi connectivity index (χ3v) is 6.79. The molecule has 1 fully saturated rings. The summed E-state index contributed by atoms with van der Waals surface area (Å²) in [6.45, 7) is 3.18. The Kier molecular flexibility index (Phi) is 3.14. The minimum absolute atomic E-state index is 0.194. The number of dihydropyridines is 1. The summed E-state index contributed by atoms with van der Waals surface area (Å²) in [7, 11) is 0. The molecule has 1 heterocycles. The quantitative estimate of drug-likeness (QED) is 0.447. The molecule has 0 N–H and O–H groups in total. The number of nitrogens with zero attached hydrogens (tertiary/aromatic N) is 1. The number of halogens is 6. The number of rotatable bonds is 0. The zero-order valence-corrected chi connectivity index (χ0v) is 15.4. The molecule has 0 bridgehead atoms. The predicted octanol–water partition coefficient (Wildman–Crippen LogP) is 6.31. The Hall–Kier alpha value is -2.57.